The molecule has 2 aromatic carbocycles. The molecule has 1 aromatic heterocycles. The molecule has 22 nitrogen and oxygen atoms in total. The van der Waals surface area contributed by atoms with Crippen molar-refractivity contribution >= 4 is 34.4 Å². The number of esters is 1. The highest BCUT2D eigenvalue weighted by atomic mass is 16.7. The number of ether oxygens (including phenoxy) is 6. The number of hydrogen-bond acceptors (Lipinski definition) is 18. The second-order valence-electron chi connectivity index (χ2n) is 21.4. The average Bonchev–Trinajstić information content (AvgIpc) is 3.83. The van der Waals surface area contributed by atoms with Crippen LogP contribution in [0.1, 0.15) is 88.4 Å². The van der Waals surface area contributed by atoms with Crippen LogP contribution in [0.3, 0.4) is 0 Å². The third-order valence-corrected chi connectivity index (χ3v) is 16.1. The Morgan fingerprint density at radius 2 is 1.51 bits per heavy atom. The normalized spacial score (nSPS) is 32.4. The SMILES string of the molecule is CC1O[C@@H](OC2[C@H](C)CC(C(=O)NCCCN3CCN(CCCn4ccc5cc([N+](=O)[O-])ccc54)CC3)C[C@H]2O[C@@H]2O[C@@H](CO)[C@H](O)C(O[C@@H](CC3CCCCC3)C(=O)O)C2OC(=O)c2ccccc2)[C@@H](O)C(O)[C@@H]1O. The number of nitro benzene ring substituents is 1. The van der Waals surface area contributed by atoms with E-state index in [4.69, 9.17) is 28.4 Å². The Morgan fingerprint density at radius 1 is 0.803 bits per heavy atom. The predicted octanol–water partition coefficient (Wildman–Crippen LogP) is 2.82. The van der Waals surface area contributed by atoms with Crippen LogP contribution in [0.4, 0.5) is 5.69 Å². The number of aryl methyl sites for hydroxylation is 1. The van der Waals surface area contributed by atoms with Gasteiger partial charge in [0.15, 0.2) is 24.8 Å². The largest absolute Gasteiger partial charge is 0.479 e. The summed E-state index contributed by atoms with van der Waals surface area (Å²) in [7, 11) is 0. The fourth-order valence-electron chi connectivity index (χ4n) is 11.7. The number of benzene rings is 2. The molecule has 3 saturated heterocycles. The van der Waals surface area contributed by atoms with Crippen LogP contribution in [-0.4, -0.2) is 200 Å². The van der Waals surface area contributed by atoms with Crippen molar-refractivity contribution in [2.45, 2.75) is 164 Å². The lowest BCUT2D eigenvalue weighted by molar-refractivity contribution is -0.384. The number of aromatic nitrogens is 1. The van der Waals surface area contributed by atoms with E-state index >= 15 is 0 Å². The number of amides is 1. The van der Waals surface area contributed by atoms with E-state index < -0.39 is 110 Å². The number of nitrogens with zero attached hydrogens (tertiary/aromatic N) is 4. The molecule has 2 aliphatic carbocycles. The third-order valence-electron chi connectivity index (χ3n) is 16.1. The number of carbonyl (C=O) groups excluding carboxylic acids is 2. The Balaban J connectivity index is 0.923. The van der Waals surface area contributed by atoms with E-state index in [2.05, 4.69) is 19.7 Å². The van der Waals surface area contributed by atoms with Crippen LogP contribution in [0.15, 0.2) is 60.8 Å². The van der Waals surface area contributed by atoms with Gasteiger partial charge >= 0.3 is 11.9 Å². The quantitative estimate of drug-likeness (QED) is 0.0329. The van der Waals surface area contributed by atoms with Gasteiger partial charge in [-0.3, -0.25) is 14.9 Å². The Kier molecular flexibility index (Phi) is 20.3. The van der Waals surface area contributed by atoms with Gasteiger partial charge in [-0.2, -0.15) is 0 Å². The first-order chi connectivity index (χ1) is 36.6. The number of hydrogen-bond donors (Lipinski definition) is 7. The highest BCUT2D eigenvalue weighted by molar-refractivity contribution is 5.89. The number of carbonyl (C=O) groups is 3. The number of aliphatic hydroxyl groups is 5. The molecule has 6 unspecified atom stereocenters. The maximum absolute atomic E-state index is 14.1. The summed E-state index contributed by atoms with van der Waals surface area (Å²) >= 11 is 0. The van der Waals surface area contributed by atoms with Crippen molar-refractivity contribution in [3.8, 4) is 0 Å². The number of piperazine rings is 1. The van der Waals surface area contributed by atoms with Gasteiger partial charge in [-0.1, -0.05) is 57.2 Å². The molecule has 0 bridgehead atoms. The summed E-state index contributed by atoms with van der Waals surface area (Å²) in [5.41, 5.74) is 1.18. The van der Waals surface area contributed by atoms with Crippen LogP contribution in [0.25, 0.3) is 10.9 Å². The standard InChI is InChI=1S/C54H77N5O17/c1-32-27-37(50(65)55-18-9-19-56-23-25-57(26-24-56)20-10-21-58-22-17-36-29-38(59(69)70)15-16-39(36)58)30-40(47(32)76-53-46(64)45(63)43(61)33(2)71-53)73-54-49(75-52(68)35-13-7-4-8-14-35)48(44(62)42(31-60)74-54)72-41(51(66)67)28-34-11-5-3-6-12-34/h4,7-8,13-17,22,29,32-34,37,40-49,53-54,60-64H,3,5-6,9-12,18-21,23-28,30-31H2,1-2H3,(H,55,65)(H,66,67)/t32-,33?,37?,40-,41+,42+,43-,44+,45?,46+,47?,48?,49?,53+,54-/m1/s1. The number of non-ortho nitro benzene ring substituents is 1. The smallest absolute Gasteiger partial charge is 0.338 e. The Hall–Kier alpha value is -4.69. The first-order valence-corrected chi connectivity index (χ1v) is 27.1. The summed E-state index contributed by atoms with van der Waals surface area (Å²) in [5, 5.41) is 80.2. The van der Waals surface area contributed by atoms with Crippen molar-refractivity contribution in [3.05, 3.63) is 76.5 Å². The minimum atomic E-state index is -1.69. The Bertz CT molecular complexity index is 2370. The molecule has 4 heterocycles. The van der Waals surface area contributed by atoms with Gasteiger partial charge in [0.1, 0.15) is 36.6 Å². The van der Waals surface area contributed by atoms with E-state index in [0.717, 1.165) is 95.2 Å². The maximum atomic E-state index is 14.1. The molecule has 3 aromatic rings. The van der Waals surface area contributed by atoms with Crippen LogP contribution >= 0.6 is 0 Å². The molecule has 2 saturated carbocycles. The molecule has 3 aliphatic heterocycles. The average molecular weight is 1070 g/mol. The minimum Gasteiger partial charge on any atom is -0.479 e. The number of fused-ring (bicyclic) bond motifs is 1. The van der Waals surface area contributed by atoms with E-state index in [9.17, 15) is 55.1 Å². The van der Waals surface area contributed by atoms with Crippen LogP contribution in [0, 0.1) is 27.9 Å². The molecule has 1 amide bonds. The number of rotatable bonds is 22. The molecule has 76 heavy (non-hydrogen) atoms. The van der Waals surface area contributed by atoms with Crippen molar-refractivity contribution in [2.75, 3.05) is 52.4 Å². The highest BCUT2D eigenvalue weighted by Gasteiger charge is 2.54. The van der Waals surface area contributed by atoms with Gasteiger partial charge in [0.2, 0.25) is 5.91 Å². The van der Waals surface area contributed by atoms with Gasteiger partial charge in [-0.05, 0) is 88.2 Å². The zero-order chi connectivity index (χ0) is 54.0. The molecule has 420 valence electrons. The second-order valence-corrected chi connectivity index (χ2v) is 21.4. The van der Waals surface area contributed by atoms with Gasteiger partial charge in [-0.25, -0.2) is 9.59 Å². The first kappa shape index (κ1) is 57.5. The van der Waals surface area contributed by atoms with Gasteiger partial charge in [0, 0.05) is 74.4 Å². The number of nitrogens with one attached hydrogen (secondary N) is 1. The molecule has 7 N–H and O–H groups in total. The van der Waals surface area contributed by atoms with E-state index in [1.165, 1.54) is 25.1 Å². The van der Waals surface area contributed by atoms with Crippen molar-refractivity contribution < 1.29 is 78.4 Å². The monoisotopic (exact) mass is 1070 g/mol. The third kappa shape index (κ3) is 14.3. The van der Waals surface area contributed by atoms with E-state index in [-0.39, 0.29) is 40.8 Å². The molecular weight excluding hydrogens is 991 g/mol. The summed E-state index contributed by atoms with van der Waals surface area (Å²) in [6.07, 6.45) is -9.96. The van der Waals surface area contributed by atoms with E-state index in [0.29, 0.717) is 19.4 Å². The molecule has 0 radical (unpaired) electrons. The van der Waals surface area contributed by atoms with Crippen LogP contribution < -0.4 is 5.32 Å². The van der Waals surface area contributed by atoms with Crippen LogP contribution in [0.5, 0.6) is 0 Å². The van der Waals surface area contributed by atoms with Gasteiger partial charge in [0.25, 0.3) is 5.69 Å². The molecule has 5 fully saturated rings. The van der Waals surface area contributed by atoms with Crippen LogP contribution in [0.2, 0.25) is 0 Å². The molecule has 0 spiro atoms. The van der Waals surface area contributed by atoms with Crippen molar-refractivity contribution in [3.63, 3.8) is 0 Å². The van der Waals surface area contributed by atoms with Crippen LogP contribution in [-0.2, 0) is 44.6 Å². The lowest BCUT2D eigenvalue weighted by Gasteiger charge is -2.48. The summed E-state index contributed by atoms with van der Waals surface area (Å²) < 4.78 is 39.7. The van der Waals surface area contributed by atoms with Gasteiger partial charge < -0.3 is 78.7 Å². The number of aliphatic carboxylic acids is 1. The maximum Gasteiger partial charge on any atom is 0.338 e. The molecule has 8 rings (SSSR count). The highest BCUT2D eigenvalue weighted by Crippen LogP contribution is 2.39. The van der Waals surface area contributed by atoms with Gasteiger partial charge in [0.05, 0.1) is 35.4 Å². The summed E-state index contributed by atoms with van der Waals surface area (Å²) in [6, 6.07) is 14.8. The zero-order valence-corrected chi connectivity index (χ0v) is 43.4. The fourth-order valence-corrected chi connectivity index (χ4v) is 11.7. The zero-order valence-electron chi connectivity index (χ0n) is 43.4. The molecule has 5 aliphatic rings. The number of nitro groups is 1. The number of carboxylic acid groups (broad SMARTS) is 1. The number of aliphatic hydroxyl groups excluding tert-OH is 5. The van der Waals surface area contributed by atoms with Gasteiger partial charge in [-0.15, -0.1) is 0 Å². The fraction of sp³-hybridized carbons (Fsp3) is 0.685. The molecule has 15 atom stereocenters. The molecule has 22 heteroatoms. The van der Waals surface area contributed by atoms with E-state index in [1.54, 1.807) is 30.3 Å². The summed E-state index contributed by atoms with van der Waals surface area (Å²) in [5.74, 6) is -3.48. The lowest BCUT2D eigenvalue weighted by atomic mass is 9.77. The van der Waals surface area contributed by atoms with Crippen molar-refractivity contribution in [1.29, 1.82) is 0 Å². The second kappa shape index (κ2) is 26.8. The van der Waals surface area contributed by atoms with E-state index in [1.807, 2.05) is 19.2 Å². The summed E-state index contributed by atoms with van der Waals surface area (Å²) in [6.45, 7) is 9.03. The lowest BCUT2D eigenvalue weighted by Crippen LogP contribution is -2.64. The predicted molar refractivity (Wildman–Crippen MR) is 273 cm³/mol. The topological polar surface area (TPSA) is 295 Å². The minimum absolute atomic E-state index is 0.00590. The summed E-state index contributed by atoms with van der Waals surface area (Å²) in [4.78, 5) is 56.5. The van der Waals surface area contributed by atoms with Crippen molar-refractivity contribution in [1.82, 2.24) is 19.7 Å². The number of carboxylic acids is 1. The first-order valence-electron chi connectivity index (χ1n) is 27.1. The Morgan fingerprint density at radius 3 is 2.20 bits per heavy atom. The molecular formula is C54H77N5O17. The van der Waals surface area contributed by atoms with Crippen molar-refractivity contribution in [2.24, 2.45) is 17.8 Å². The Labute approximate surface area is 442 Å².